The van der Waals surface area contributed by atoms with E-state index in [0.717, 1.165) is 5.56 Å². The van der Waals surface area contributed by atoms with E-state index in [9.17, 15) is 4.79 Å². The Morgan fingerprint density at radius 1 is 1.11 bits per heavy atom. The molecule has 1 N–H and O–H groups in total. The third-order valence-electron chi connectivity index (χ3n) is 3.92. The molecule has 1 atom stereocenters. The zero-order valence-corrected chi connectivity index (χ0v) is 17.2. The summed E-state index contributed by atoms with van der Waals surface area (Å²) in [5, 5.41) is 4.61. The number of rotatable bonds is 8. The van der Waals surface area contributed by atoms with Gasteiger partial charge in [0.1, 0.15) is 5.75 Å². The van der Waals surface area contributed by atoms with E-state index in [-0.39, 0.29) is 0 Å². The van der Waals surface area contributed by atoms with E-state index in [1.807, 2.05) is 6.92 Å². The number of hydrogen-bond acceptors (Lipinski definition) is 6. The van der Waals surface area contributed by atoms with Gasteiger partial charge in [0.05, 0.1) is 27.5 Å². The van der Waals surface area contributed by atoms with Gasteiger partial charge in [-0.15, -0.1) is 0 Å². The maximum absolute atomic E-state index is 12.2. The van der Waals surface area contributed by atoms with Crippen LogP contribution in [-0.2, 0) is 4.79 Å². The van der Waals surface area contributed by atoms with E-state index in [1.54, 1.807) is 37.3 Å². The average Bonchev–Trinajstić information content (AvgIpc) is 2.69. The topological polar surface area (TPSA) is 78.4 Å². The summed E-state index contributed by atoms with van der Waals surface area (Å²) in [6, 6.07) is 8.66. The van der Waals surface area contributed by atoms with Crippen LogP contribution in [0.5, 0.6) is 23.0 Å². The Morgan fingerprint density at radius 3 is 2.43 bits per heavy atom. The number of carbonyl (C=O) groups excluding carboxylic acids is 1. The standard InChI is InChI=1S/C20H23ClN2O5/c1-12-10-15(7-8-16(12)21)28-13(2)20(24)23-22-11-14-6-9-17(25-3)19(27-5)18(14)26-4/h6-11,13H,1-5H3,(H,23,24). The van der Waals surface area contributed by atoms with E-state index in [4.69, 9.17) is 30.5 Å². The fourth-order valence-electron chi connectivity index (χ4n) is 2.43. The minimum absolute atomic E-state index is 0.400. The Bertz CT molecular complexity index is 870. The molecule has 2 aromatic carbocycles. The van der Waals surface area contributed by atoms with Crippen molar-refractivity contribution >= 4 is 23.7 Å². The van der Waals surface area contributed by atoms with Gasteiger partial charge in [0.2, 0.25) is 5.75 Å². The summed E-state index contributed by atoms with van der Waals surface area (Å²) in [7, 11) is 4.56. The molecule has 7 nitrogen and oxygen atoms in total. The van der Waals surface area contributed by atoms with Crippen molar-refractivity contribution in [3.8, 4) is 23.0 Å². The van der Waals surface area contributed by atoms with Crippen molar-refractivity contribution in [1.82, 2.24) is 5.43 Å². The normalized spacial score (nSPS) is 11.8. The Labute approximate surface area is 169 Å². The number of nitrogens with one attached hydrogen (secondary N) is 1. The molecule has 1 amide bonds. The molecule has 0 aliphatic rings. The van der Waals surface area contributed by atoms with Gasteiger partial charge in [0.15, 0.2) is 17.6 Å². The smallest absolute Gasteiger partial charge is 0.280 e. The minimum atomic E-state index is -0.745. The van der Waals surface area contributed by atoms with Crippen molar-refractivity contribution in [3.05, 3.63) is 46.5 Å². The predicted octanol–water partition coefficient (Wildman–Crippen LogP) is 3.59. The number of amides is 1. The molecule has 0 radical (unpaired) electrons. The summed E-state index contributed by atoms with van der Waals surface area (Å²) in [5.74, 6) is 1.56. The van der Waals surface area contributed by atoms with Crippen LogP contribution in [0.25, 0.3) is 0 Å². The predicted molar refractivity (Wildman–Crippen MR) is 108 cm³/mol. The first-order valence-corrected chi connectivity index (χ1v) is 8.83. The fraction of sp³-hybridized carbons (Fsp3) is 0.300. The molecule has 8 heteroatoms. The van der Waals surface area contributed by atoms with Gasteiger partial charge in [-0.2, -0.15) is 5.10 Å². The maximum Gasteiger partial charge on any atom is 0.280 e. The second-order valence-electron chi connectivity index (χ2n) is 5.83. The van der Waals surface area contributed by atoms with Crippen LogP contribution < -0.4 is 24.4 Å². The van der Waals surface area contributed by atoms with Crippen molar-refractivity contribution in [2.24, 2.45) is 5.10 Å². The van der Waals surface area contributed by atoms with Crippen LogP contribution in [0.3, 0.4) is 0 Å². The number of nitrogens with zero attached hydrogens (tertiary/aromatic N) is 1. The van der Waals surface area contributed by atoms with E-state index in [0.29, 0.717) is 33.6 Å². The fourth-order valence-corrected chi connectivity index (χ4v) is 2.55. The largest absolute Gasteiger partial charge is 0.493 e. The first kappa shape index (κ1) is 21.4. The minimum Gasteiger partial charge on any atom is -0.493 e. The summed E-state index contributed by atoms with van der Waals surface area (Å²) in [4.78, 5) is 12.2. The first-order valence-electron chi connectivity index (χ1n) is 8.46. The molecule has 28 heavy (non-hydrogen) atoms. The number of benzene rings is 2. The quantitative estimate of drug-likeness (QED) is 0.535. The zero-order chi connectivity index (χ0) is 20.7. The van der Waals surface area contributed by atoms with Gasteiger partial charge in [-0.05, 0) is 49.7 Å². The van der Waals surface area contributed by atoms with Gasteiger partial charge in [0, 0.05) is 10.6 Å². The lowest BCUT2D eigenvalue weighted by molar-refractivity contribution is -0.127. The number of halogens is 1. The Kier molecular flexibility index (Phi) is 7.52. The number of hydrazone groups is 1. The molecule has 1 unspecified atom stereocenters. The van der Waals surface area contributed by atoms with Crippen molar-refractivity contribution in [2.75, 3.05) is 21.3 Å². The van der Waals surface area contributed by atoms with Gasteiger partial charge in [-0.1, -0.05) is 11.6 Å². The molecule has 0 heterocycles. The highest BCUT2D eigenvalue weighted by molar-refractivity contribution is 6.31. The average molecular weight is 407 g/mol. The van der Waals surface area contributed by atoms with E-state index >= 15 is 0 Å². The summed E-state index contributed by atoms with van der Waals surface area (Å²) >= 11 is 5.99. The highest BCUT2D eigenvalue weighted by Gasteiger charge is 2.16. The van der Waals surface area contributed by atoms with Crippen LogP contribution in [0.4, 0.5) is 0 Å². The molecule has 2 aromatic rings. The number of aryl methyl sites for hydroxylation is 1. The molecule has 0 fully saturated rings. The van der Waals surface area contributed by atoms with Gasteiger partial charge in [-0.25, -0.2) is 5.43 Å². The van der Waals surface area contributed by atoms with Crippen LogP contribution >= 0.6 is 11.6 Å². The number of ether oxygens (including phenoxy) is 4. The third-order valence-corrected chi connectivity index (χ3v) is 4.35. The SMILES string of the molecule is COc1ccc(C=NNC(=O)C(C)Oc2ccc(Cl)c(C)c2)c(OC)c1OC. The molecular weight excluding hydrogens is 384 g/mol. The summed E-state index contributed by atoms with van der Waals surface area (Å²) < 4.78 is 21.5. The molecule has 0 saturated carbocycles. The van der Waals surface area contributed by atoms with Gasteiger partial charge < -0.3 is 18.9 Å². The molecule has 0 aromatic heterocycles. The monoisotopic (exact) mass is 406 g/mol. The maximum atomic E-state index is 12.2. The van der Waals surface area contributed by atoms with Crippen LogP contribution in [-0.4, -0.2) is 39.6 Å². The number of hydrogen-bond donors (Lipinski definition) is 1. The van der Waals surface area contributed by atoms with Crippen LogP contribution in [0.15, 0.2) is 35.4 Å². The molecular formula is C20H23ClN2O5. The van der Waals surface area contributed by atoms with Crippen LogP contribution in [0.1, 0.15) is 18.1 Å². The summed E-state index contributed by atoms with van der Waals surface area (Å²) in [6.45, 7) is 3.49. The van der Waals surface area contributed by atoms with Crippen molar-refractivity contribution < 1.29 is 23.7 Å². The van der Waals surface area contributed by atoms with Crippen molar-refractivity contribution in [3.63, 3.8) is 0 Å². The zero-order valence-electron chi connectivity index (χ0n) is 16.4. The first-order chi connectivity index (χ1) is 13.4. The Hall–Kier alpha value is -2.93. The molecule has 0 bridgehead atoms. The van der Waals surface area contributed by atoms with Crippen LogP contribution in [0.2, 0.25) is 5.02 Å². The van der Waals surface area contributed by atoms with Crippen molar-refractivity contribution in [1.29, 1.82) is 0 Å². The lowest BCUT2D eigenvalue weighted by atomic mass is 10.2. The number of methoxy groups -OCH3 is 3. The molecule has 2 rings (SSSR count). The summed E-state index contributed by atoms with van der Waals surface area (Å²) in [5.41, 5.74) is 3.93. The Morgan fingerprint density at radius 2 is 1.82 bits per heavy atom. The Balaban J connectivity index is 2.05. The number of carbonyl (C=O) groups is 1. The van der Waals surface area contributed by atoms with E-state index < -0.39 is 12.0 Å². The van der Waals surface area contributed by atoms with Crippen molar-refractivity contribution in [2.45, 2.75) is 20.0 Å². The van der Waals surface area contributed by atoms with Crippen LogP contribution in [0, 0.1) is 6.92 Å². The van der Waals surface area contributed by atoms with Gasteiger partial charge in [0.25, 0.3) is 5.91 Å². The lowest BCUT2D eigenvalue weighted by Crippen LogP contribution is -2.33. The van der Waals surface area contributed by atoms with E-state index in [2.05, 4.69) is 10.5 Å². The highest BCUT2D eigenvalue weighted by Crippen LogP contribution is 2.38. The van der Waals surface area contributed by atoms with Gasteiger partial charge >= 0.3 is 0 Å². The van der Waals surface area contributed by atoms with Gasteiger partial charge in [-0.3, -0.25) is 4.79 Å². The lowest BCUT2D eigenvalue weighted by Gasteiger charge is -2.14. The molecule has 0 spiro atoms. The second kappa shape index (κ2) is 9.85. The molecule has 0 aliphatic heterocycles. The third kappa shape index (κ3) is 5.07. The molecule has 150 valence electrons. The molecule has 0 aliphatic carbocycles. The summed E-state index contributed by atoms with van der Waals surface area (Å²) in [6.07, 6.45) is 0.711. The highest BCUT2D eigenvalue weighted by atomic mass is 35.5. The van der Waals surface area contributed by atoms with E-state index in [1.165, 1.54) is 27.5 Å². The second-order valence-corrected chi connectivity index (χ2v) is 6.24. The molecule has 0 saturated heterocycles.